The topological polar surface area (TPSA) is 12.9 Å². The zero-order valence-electron chi connectivity index (χ0n) is 20.2. The fourth-order valence-corrected chi connectivity index (χ4v) is 2.16. The van der Waals surface area contributed by atoms with Gasteiger partial charge in [0.1, 0.15) is 5.82 Å². The lowest BCUT2D eigenvalue weighted by atomic mass is 9.99. The van der Waals surface area contributed by atoms with Gasteiger partial charge < -0.3 is 0 Å². The molecule has 0 aliphatic carbocycles. The van der Waals surface area contributed by atoms with E-state index in [0.29, 0.717) is 12.5 Å². The lowest BCUT2D eigenvalue weighted by molar-refractivity contribution is 0.0138. The van der Waals surface area contributed by atoms with E-state index in [4.69, 9.17) is 0 Å². The Bertz CT molecular complexity index is 730. The molecule has 4 heteroatoms. The third-order valence-corrected chi connectivity index (χ3v) is 3.73. The summed E-state index contributed by atoms with van der Waals surface area (Å²) in [5, 5.41) is 0. The van der Waals surface area contributed by atoms with Crippen LogP contribution in [0.5, 0.6) is 0 Å². The van der Waals surface area contributed by atoms with Gasteiger partial charge in [-0.15, -0.1) is 0 Å². The molecule has 2 aromatic rings. The number of pyridine rings is 1. The molecular weight excluding hydrogens is 383 g/mol. The molecule has 0 unspecified atom stereocenters. The normalized spacial score (nSPS) is 10.3. The summed E-state index contributed by atoms with van der Waals surface area (Å²) in [5.41, 5.74) is 1.66. The van der Waals surface area contributed by atoms with E-state index in [1.165, 1.54) is 37.6 Å². The molecular formula is C26H40F3N. The van der Waals surface area contributed by atoms with Crippen LogP contribution in [0.25, 0.3) is 17.2 Å². The summed E-state index contributed by atoms with van der Waals surface area (Å²) in [5.74, 6) is -4.11. The number of benzene rings is 1. The van der Waals surface area contributed by atoms with Gasteiger partial charge in [0.05, 0.1) is 11.3 Å². The van der Waals surface area contributed by atoms with Crippen molar-refractivity contribution < 1.29 is 13.2 Å². The van der Waals surface area contributed by atoms with E-state index in [2.05, 4.69) is 32.7 Å². The number of hydrogen-bond acceptors (Lipinski definition) is 1. The second kappa shape index (κ2) is 16.7. The molecule has 0 radical (unpaired) electrons. The van der Waals surface area contributed by atoms with Gasteiger partial charge in [-0.25, -0.2) is 13.2 Å². The second-order valence-corrected chi connectivity index (χ2v) is 6.69. The first-order valence-electron chi connectivity index (χ1n) is 10.9. The van der Waals surface area contributed by atoms with Gasteiger partial charge in [-0.2, -0.15) is 0 Å². The fraction of sp³-hybridized carbons (Fsp3) is 0.500. The van der Waals surface area contributed by atoms with Crippen LogP contribution in [0.1, 0.15) is 91.5 Å². The minimum atomic E-state index is -3.21. The van der Waals surface area contributed by atoms with E-state index in [1.807, 2.05) is 39.8 Å². The fourth-order valence-electron chi connectivity index (χ4n) is 2.16. The molecule has 1 aromatic heterocycles. The SMILES string of the molecule is C/C=C\c1ncc(-c2cccc(C(C)(F)F)c2F)cc1C.CC.CCC.CCCC. The number of unbranched alkanes of at least 4 members (excludes halogenated alkanes) is 1. The van der Waals surface area contributed by atoms with Crippen molar-refractivity contribution in [3.8, 4) is 11.1 Å². The smallest absolute Gasteiger partial charge is 0.256 e. The molecule has 1 aromatic carbocycles. The lowest BCUT2D eigenvalue weighted by Crippen LogP contribution is -2.10. The Kier molecular flexibility index (Phi) is 16.7. The van der Waals surface area contributed by atoms with Crippen molar-refractivity contribution in [1.29, 1.82) is 0 Å². The van der Waals surface area contributed by atoms with Gasteiger partial charge in [0, 0.05) is 24.2 Å². The molecule has 1 nitrogen and oxygen atoms in total. The number of aromatic nitrogens is 1. The lowest BCUT2D eigenvalue weighted by Gasteiger charge is -2.14. The Morgan fingerprint density at radius 1 is 1.03 bits per heavy atom. The Morgan fingerprint density at radius 2 is 1.57 bits per heavy atom. The Hall–Kier alpha value is -2.10. The number of aryl methyl sites for hydroxylation is 1. The van der Waals surface area contributed by atoms with E-state index < -0.39 is 17.3 Å². The molecule has 0 fully saturated rings. The molecule has 2 rings (SSSR count). The summed E-state index contributed by atoms with van der Waals surface area (Å²) in [7, 11) is 0. The molecule has 0 atom stereocenters. The summed E-state index contributed by atoms with van der Waals surface area (Å²) in [4.78, 5) is 4.24. The molecule has 1 heterocycles. The van der Waals surface area contributed by atoms with Crippen molar-refractivity contribution in [3.05, 3.63) is 59.2 Å². The van der Waals surface area contributed by atoms with Gasteiger partial charge in [-0.1, -0.05) is 85.1 Å². The standard InChI is InChI=1S/C17H16F3N.C4H10.C3H8.C2H6/c1-4-6-15-11(2)9-12(10-21-15)13-7-5-8-14(16(13)18)17(3,19)20;1-3-4-2;1-3-2;1-2/h4-10H,1-3H3;3-4H2,1-2H3;3H2,1-2H3;1-2H3/b6-4-;;;. The van der Waals surface area contributed by atoms with Crippen molar-refractivity contribution in [1.82, 2.24) is 4.98 Å². The molecule has 0 spiro atoms. The van der Waals surface area contributed by atoms with Crippen molar-refractivity contribution >= 4 is 6.08 Å². The largest absolute Gasteiger partial charge is 0.273 e. The van der Waals surface area contributed by atoms with Crippen molar-refractivity contribution in [2.24, 2.45) is 0 Å². The van der Waals surface area contributed by atoms with Gasteiger partial charge in [0.15, 0.2) is 0 Å². The summed E-state index contributed by atoms with van der Waals surface area (Å²) in [6.45, 7) is 17.0. The quantitative estimate of drug-likeness (QED) is 0.477. The van der Waals surface area contributed by atoms with Crippen molar-refractivity contribution in [3.63, 3.8) is 0 Å². The average Bonchev–Trinajstić information content (AvgIpc) is 2.71. The van der Waals surface area contributed by atoms with Crippen LogP contribution in [-0.4, -0.2) is 4.98 Å². The number of alkyl halides is 2. The highest BCUT2D eigenvalue weighted by atomic mass is 19.3. The van der Waals surface area contributed by atoms with Crippen molar-refractivity contribution in [2.75, 3.05) is 0 Å². The van der Waals surface area contributed by atoms with E-state index in [1.54, 1.807) is 6.07 Å². The third-order valence-electron chi connectivity index (χ3n) is 3.73. The average molecular weight is 424 g/mol. The number of halogens is 3. The summed E-state index contributed by atoms with van der Waals surface area (Å²) in [6, 6.07) is 5.77. The predicted octanol–water partition coefficient (Wildman–Crippen LogP) is 9.59. The molecule has 0 aliphatic heterocycles. The minimum absolute atomic E-state index is 0.136. The second-order valence-electron chi connectivity index (χ2n) is 6.69. The van der Waals surface area contributed by atoms with Gasteiger partial charge >= 0.3 is 0 Å². The highest BCUT2D eigenvalue weighted by Crippen LogP contribution is 2.34. The number of allylic oxidation sites excluding steroid dienone is 1. The molecule has 0 aliphatic rings. The van der Waals surface area contributed by atoms with E-state index in [9.17, 15) is 13.2 Å². The van der Waals surface area contributed by atoms with Gasteiger partial charge in [0.25, 0.3) is 5.92 Å². The molecule has 0 N–H and O–H groups in total. The van der Waals surface area contributed by atoms with Crippen LogP contribution in [-0.2, 0) is 5.92 Å². The third kappa shape index (κ3) is 10.6. The van der Waals surface area contributed by atoms with Crippen molar-refractivity contribution in [2.45, 2.75) is 87.5 Å². The molecule has 0 amide bonds. The van der Waals surface area contributed by atoms with E-state index in [-0.39, 0.29) is 5.56 Å². The first-order valence-corrected chi connectivity index (χ1v) is 10.9. The van der Waals surface area contributed by atoms with Crippen LogP contribution < -0.4 is 0 Å². The molecule has 170 valence electrons. The van der Waals surface area contributed by atoms with Crippen LogP contribution in [0.2, 0.25) is 0 Å². The first kappa shape index (κ1) is 30.1. The zero-order valence-corrected chi connectivity index (χ0v) is 20.2. The van der Waals surface area contributed by atoms with Gasteiger partial charge in [0.2, 0.25) is 0 Å². The van der Waals surface area contributed by atoms with Crippen LogP contribution >= 0.6 is 0 Å². The maximum absolute atomic E-state index is 14.3. The van der Waals surface area contributed by atoms with Crippen LogP contribution in [0.15, 0.2) is 36.5 Å². The summed E-state index contributed by atoms with van der Waals surface area (Å²) < 4.78 is 41.1. The number of nitrogens with zero attached hydrogens (tertiary/aromatic N) is 1. The number of hydrogen-bond donors (Lipinski definition) is 0. The van der Waals surface area contributed by atoms with Gasteiger partial charge in [-0.3, -0.25) is 4.98 Å². The van der Waals surface area contributed by atoms with Crippen LogP contribution in [0.4, 0.5) is 13.2 Å². The first-order chi connectivity index (χ1) is 14.2. The summed E-state index contributed by atoms with van der Waals surface area (Å²) >= 11 is 0. The highest BCUT2D eigenvalue weighted by Gasteiger charge is 2.29. The zero-order chi connectivity index (χ0) is 23.7. The molecule has 0 saturated heterocycles. The predicted molar refractivity (Wildman–Crippen MR) is 127 cm³/mol. The van der Waals surface area contributed by atoms with Crippen LogP contribution in [0.3, 0.4) is 0 Å². The highest BCUT2D eigenvalue weighted by molar-refractivity contribution is 5.67. The van der Waals surface area contributed by atoms with E-state index in [0.717, 1.165) is 17.3 Å². The maximum atomic E-state index is 14.3. The Balaban J connectivity index is 0. The van der Waals surface area contributed by atoms with Crippen LogP contribution in [0, 0.1) is 12.7 Å². The van der Waals surface area contributed by atoms with E-state index >= 15 is 0 Å². The monoisotopic (exact) mass is 423 g/mol. The summed E-state index contributed by atoms with van der Waals surface area (Å²) in [6.07, 6.45) is 9.08. The Morgan fingerprint density at radius 3 is 1.97 bits per heavy atom. The van der Waals surface area contributed by atoms with Gasteiger partial charge in [-0.05, 0) is 31.6 Å². The minimum Gasteiger partial charge on any atom is -0.256 e. The Labute approximate surface area is 182 Å². The maximum Gasteiger partial charge on any atom is 0.273 e. The molecule has 30 heavy (non-hydrogen) atoms. The molecule has 0 saturated carbocycles. The molecule has 0 bridgehead atoms. The number of rotatable bonds is 4.